The van der Waals surface area contributed by atoms with Gasteiger partial charge in [-0.3, -0.25) is 0 Å². The highest BCUT2D eigenvalue weighted by Gasteiger charge is 2.36. The summed E-state index contributed by atoms with van der Waals surface area (Å²) in [5, 5.41) is 3.49. The zero-order chi connectivity index (χ0) is 14.4. The van der Waals surface area contributed by atoms with Crippen molar-refractivity contribution in [3.8, 4) is 0 Å². The molecule has 1 heterocycles. The zero-order valence-electron chi connectivity index (χ0n) is 13.5. The molecule has 0 amide bonds. The SMILES string of the molecule is CC(C)CCCCCCNCc1ccc(C2CC2C)o1. The van der Waals surface area contributed by atoms with Crippen molar-refractivity contribution in [1.82, 2.24) is 5.32 Å². The van der Waals surface area contributed by atoms with Crippen LogP contribution in [0.4, 0.5) is 0 Å². The van der Waals surface area contributed by atoms with Crippen molar-refractivity contribution in [1.29, 1.82) is 0 Å². The minimum absolute atomic E-state index is 0.699. The Bertz CT molecular complexity index is 383. The van der Waals surface area contributed by atoms with Gasteiger partial charge in [-0.1, -0.05) is 46.5 Å². The maximum absolute atomic E-state index is 5.89. The van der Waals surface area contributed by atoms with E-state index in [2.05, 4.69) is 38.2 Å². The Kier molecular flexibility index (Phi) is 6.15. The molecule has 2 rings (SSSR count). The van der Waals surface area contributed by atoms with Crippen LogP contribution in [0.3, 0.4) is 0 Å². The van der Waals surface area contributed by atoms with Crippen molar-refractivity contribution in [2.45, 2.75) is 71.8 Å². The Morgan fingerprint density at radius 2 is 1.95 bits per heavy atom. The fourth-order valence-electron chi connectivity index (χ4n) is 2.78. The van der Waals surface area contributed by atoms with Gasteiger partial charge in [0.15, 0.2) is 0 Å². The molecule has 2 atom stereocenters. The molecule has 1 aromatic heterocycles. The van der Waals surface area contributed by atoms with Gasteiger partial charge in [0.05, 0.1) is 6.54 Å². The number of rotatable bonds is 10. The van der Waals surface area contributed by atoms with Crippen LogP contribution in [0.1, 0.15) is 76.7 Å². The van der Waals surface area contributed by atoms with Gasteiger partial charge in [-0.25, -0.2) is 0 Å². The lowest BCUT2D eigenvalue weighted by atomic mass is 10.0. The number of nitrogens with one attached hydrogen (secondary N) is 1. The van der Waals surface area contributed by atoms with Crippen molar-refractivity contribution in [2.75, 3.05) is 6.54 Å². The molecule has 0 aliphatic heterocycles. The van der Waals surface area contributed by atoms with Crippen LogP contribution in [0.15, 0.2) is 16.5 Å². The van der Waals surface area contributed by atoms with Crippen molar-refractivity contribution < 1.29 is 4.42 Å². The summed E-state index contributed by atoms with van der Waals surface area (Å²) >= 11 is 0. The Morgan fingerprint density at radius 1 is 1.20 bits per heavy atom. The molecule has 0 aromatic carbocycles. The summed E-state index contributed by atoms with van der Waals surface area (Å²) in [5.41, 5.74) is 0. The molecule has 0 spiro atoms. The van der Waals surface area contributed by atoms with Gasteiger partial charge in [-0.2, -0.15) is 0 Å². The minimum Gasteiger partial charge on any atom is -0.464 e. The molecule has 114 valence electrons. The Hall–Kier alpha value is -0.760. The molecule has 2 nitrogen and oxygen atoms in total. The highest BCUT2D eigenvalue weighted by Crippen LogP contribution is 2.47. The van der Waals surface area contributed by atoms with Crippen LogP contribution in [0.25, 0.3) is 0 Å². The van der Waals surface area contributed by atoms with Crippen LogP contribution in [-0.2, 0) is 6.54 Å². The summed E-state index contributed by atoms with van der Waals surface area (Å²) in [6.07, 6.45) is 8.08. The van der Waals surface area contributed by atoms with E-state index in [4.69, 9.17) is 4.42 Å². The number of hydrogen-bond acceptors (Lipinski definition) is 2. The van der Waals surface area contributed by atoms with Crippen LogP contribution in [-0.4, -0.2) is 6.54 Å². The van der Waals surface area contributed by atoms with Gasteiger partial charge in [0.1, 0.15) is 11.5 Å². The molecule has 1 aliphatic carbocycles. The maximum atomic E-state index is 5.89. The predicted octanol–water partition coefficient (Wildman–Crippen LogP) is 5.10. The molecule has 20 heavy (non-hydrogen) atoms. The predicted molar refractivity (Wildman–Crippen MR) is 84.9 cm³/mol. The van der Waals surface area contributed by atoms with E-state index in [1.165, 1.54) is 44.3 Å². The van der Waals surface area contributed by atoms with Gasteiger partial charge in [0.25, 0.3) is 0 Å². The molecule has 1 aromatic rings. The standard InChI is InChI=1S/C18H31NO/c1-14(2)8-6-4-5-7-11-19-13-16-9-10-18(20-16)17-12-15(17)3/h9-10,14-15,17,19H,4-8,11-13H2,1-3H3. The van der Waals surface area contributed by atoms with Crippen molar-refractivity contribution in [2.24, 2.45) is 11.8 Å². The molecule has 1 saturated carbocycles. The summed E-state index contributed by atoms with van der Waals surface area (Å²) in [6.45, 7) is 8.90. The molecule has 0 saturated heterocycles. The fraction of sp³-hybridized carbons (Fsp3) is 0.778. The molecule has 2 unspecified atom stereocenters. The summed E-state index contributed by atoms with van der Waals surface area (Å²) < 4.78 is 5.89. The average Bonchev–Trinajstić information content (AvgIpc) is 2.96. The van der Waals surface area contributed by atoms with Gasteiger partial charge in [0, 0.05) is 5.92 Å². The second kappa shape index (κ2) is 7.87. The van der Waals surface area contributed by atoms with E-state index >= 15 is 0 Å². The number of unbranched alkanes of at least 4 members (excludes halogenated alkanes) is 3. The second-order valence-electron chi connectivity index (χ2n) is 6.90. The van der Waals surface area contributed by atoms with Gasteiger partial charge < -0.3 is 9.73 Å². The third kappa shape index (κ3) is 5.32. The van der Waals surface area contributed by atoms with E-state index in [0.717, 1.165) is 30.7 Å². The molecule has 1 fully saturated rings. The largest absolute Gasteiger partial charge is 0.464 e. The Balaban J connectivity index is 1.48. The number of hydrogen-bond donors (Lipinski definition) is 1. The second-order valence-corrected chi connectivity index (χ2v) is 6.90. The highest BCUT2D eigenvalue weighted by molar-refractivity contribution is 5.17. The molecule has 1 aliphatic rings. The van der Waals surface area contributed by atoms with Crippen LogP contribution in [0.2, 0.25) is 0 Å². The molecular weight excluding hydrogens is 246 g/mol. The highest BCUT2D eigenvalue weighted by atomic mass is 16.3. The van der Waals surface area contributed by atoms with Gasteiger partial charge in [0.2, 0.25) is 0 Å². The first-order valence-electron chi connectivity index (χ1n) is 8.46. The normalized spacial score (nSPS) is 21.6. The van der Waals surface area contributed by atoms with E-state index in [1.807, 2.05) is 0 Å². The summed E-state index contributed by atoms with van der Waals surface area (Å²) in [6, 6.07) is 4.30. The molecule has 0 bridgehead atoms. The lowest BCUT2D eigenvalue weighted by Gasteiger charge is -2.05. The molecule has 0 radical (unpaired) electrons. The van der Waals surface area contributed by atoms with Gasteiger partial charge in [-0.05, 0) is 43.4 Å². The number of furan rings is 1. The molecule has 2 heteroatoms. The van der Waals surface area contributed by atoms with Crippen LogP contribution in [0, 0.1) is 11.8 Å². The van der Waals surface area contributed by atoms with E-state index in [9.17, 15) is 0 Å². The average molecular weight is 277 g/mol. The quantitative estimate of drug-likeness (QED) is 0.602. The van der Waals surface area contributed by atoms with E-state index in [1.54, 1.807) is 0 Å². The smallest absolute Gasteiger partial charge is 0.117 e. The van der Waals surface area contributed by atoms with E-state index in [0.29, 0.717) is 5.92 Å². The first kappa shape index (κ1) is 15.6. The maximum Gasteiger partial charge on any atom is 0.117 e. The first-order valence-corrected chi connectivity index (χ1v) is 8.46. The van der Waals surface area contributed by atoms with E-state index < -0.39 is 0 Å². The van der Waals surface area contributed by atoms with E-state index in [-0.39, 0.29) is 0 Å². The third-order valence-corrected chi connectivity index (χ3v) is 4.34. The zero-order valence-corrected chi connectivity index (χ0v) is 13.5. The lowest BCUT2D eigenvalue weighted by Crippen LogP contribution is -2.14. The van der Waals surface area contributed by atoms with Crippen molar-refractivity contribution in [3.05, 3.63) is 23.7 Å². The van der Waals surface area contributed by atoms with Crippen molar-refractivity contribution >= 4 is 0 Å². The van der Waals surface area contributed by atoms with Crippen LogP contribution in [0.5, 0.6) is 0 Å². The lowest BCUT2D eigenvalue weighted by molar-refractivity contribution is 0.440. The first-order chi connectivity index (χ1) is 9.66. The molecule has 1 N–H and O–H groups in total. The topological polar surface area (TPSA) is 25.2 Å². The summed E-state index contributed by atoms with van der Waals surface area (Å²) in [4.78, 5) is 0. The minimum atomic E-state index is 0.699. The summed E-state index contributed by atoms with van der Waals surface area (Å²) in [5.74, 6) is 4.68. The fourth-order valence-corrected chi connectivity index (χ4v) is 2.78. The third-order valence-electron chi connectivity index (χ3n) is 4.34. The summed E-state index contributed by atoms with van der Waals surface area (Å²) in [7, 11) is 0. The Labute approximate surface area is 124 Å². The Morgan fingerprint density at radius 3 is 2.65 bits per heavy atom. The van der Waals surface area contributed by atoms with Gasteiger partial charge in [-0.15, -0.1) is 0 Å². The van der Waals surface area contributed by atoms with Crippen molar-refractivity contribution in [3.63, 3.8) is 0 Å². The van der Waals surface area contributed by atoms with Gasteiger partial charge >= 0.3 is 0 Å². The van der Waals surface area contributed by atoms with Crippen LogP contribution < -0.4 is 5.32 Å². The molecular formula is C18H31NO. The van der Waals surface area contributed by atoms with Crippen LogP contribution >= 0.6 is 0 Å². The monoisotopic (exact) mass is 277 g/mol.